The summed E-state index contributed by atoms with van der Waals surface area (Å²) in [6.07, 6.45) is 0. The van der Waals surface area contributed by atoms with E-state index in [1.807, 2.05) is 0 Å². The van der Waals surface area contributed by atoms with Crippen molar-refractivity contribution in [3.63, 3.8) is 0 Å². The Morgan fingerprint density at radius 2 is 0.487 bits per heavy atom. The standard InChI is InChI=1S/C18H15Ge.C18H15P.Cu/c2*1-4-10-16(11-5-1)19(17-12-6-2-7-13-17)18-14-8-3-9-15-18;/h2*1-15H;. The molecule has 0 spiro atoms. The van der Waals surface area contributed by atoms with Gasteiger partial charge in [-0.3, -0.25) is 0 Å². The van der Waals surface area contributed by atoms with Gasteiger partial charge < -0.3 is 0 Å². The molecule has 0 nitrogen and oxygen atoms in total. The van der Waals surface area contributed by atoms with Gasteiger partial charge in [0.25, 0.3) is 0 Å². The Kier molecular flexibility index (Phi) is 11.4. The summed E-state index contributed by atoms with van der Waals surface area (Å²) in [6, 6.07) is 65.1. The molecule has 39 heavy (non-hydrogen) atoms. The molecule has 2 radical (unpaired) electrons. The zero-order valence-corrected chi connectivity index (χ0v) is 25.5. The van der Waals surface area contributed by atoms with Crippen LogP contribution in [0.1, 0.15) is 0 Å². The Balaban J connectivity index is 0.000000176. The Labute approximate surface area is 249 Å². The van der Waals surface area contributed by atoms with Crippen molar-refractivity contribution < 1.29 is 17.1 Å². The van der Waals surface area contributed by atoms with Gasteiger partial charge in [-0.2, -0.15) is 0 Å². The average Bonchev–Trinajstić information content (AvgIpc) is 3.01. The molecule has 0 unspecified atom stereocenters. The van der Waals surface area contributed by atoms with E-state index < -0.39 is 22.3 Å². The van der Waals surface area contributed by atoms with Gasteiger partial charge >= 0.3 is 119 Å². The van der Waals surface area contributed by atoms with Crippen LogP contribution < -0.4 is 29.1 Å². The van der Waals surface area contributed by atoms with Crippen LogP contribution in [0.3, 0.4) is 0 Å². The smallest absolute Gasteiger partial charge is 0.0134 e. The summed E-state index contributed by atoms with van der Waals surface area (Å²) >= 11 is -1.63. The monoisotopic (exact) mass is 630 g/mol. The quantitative estimate of drug-likeness (QED) is 0.165. The molecular weight excluding hydrogens is 600 g/mol. The number of rotatable bonds is 6. The Morgan fingerprint density at radius 3 is 0.718 bits per heavy atom. The molecule has 0 bridgehead atoms. The fraction of sp³-hybridized carbons (Fsp3) is 0. The Morgan fingerprint density at radius 1 is 0.282 bits per heavy atom. The van der Waals surface area contributed by atoms with Crippen LogP contribution in [-0.4, -0.2) is 14.3 Å². The summed E-state index contributed by atoms with van der Waals surface area (Å²) in [5.74, 6) is 0. The van der Waals surface area contributed by atoms with Crippen LogP contribution in [0.2, 0.25) is 0 Å². The first-order valence-corrected chi connectivity index (χ1v) is 17.4. The van der Waals surface area contributed by atoms with Crippen LogP contribution in [0.5, 0.6) is 0 Å². The molecule has 0 N–H and O–H groups in total. The van der Waals surface area contributed by atoms with E-state index in [0.29, 0.717) is 0 Å². The second-order valence-corrected chi connectivity index (χ2v) is 16.2. The van der Waals surface area contributed by atoms with Crippen LogP contribution in [0.25, 0.3) is 0 Å². The summed E-state index contributed by atoms with van der Waals surface area (Å²) in [4.78, 5) is 0. The van der Waals surface area contributed by atoms with Gasteiger partial charge in [0, 0.05) is 17.1 Å². The van der Waals surface area contributed by atoms with Crippen LogP contribution >= 0.6 is 7.92 Å². The van der Waals surface area contributed by atoms with Gasteiger partial charge in [0.05, 0.1) is 0 Å². The molecule has 0 fully saturated rings. The molecule has 194 valence electrons. The maximum absolute atomic E-state index is 2.27. The molecule has 0 amide bonds. The topological polar surface area (TPSA) is 0 Å². The molecular formula is C36H30CuGeP. The number of hydrogen-bond donors (Lipinski definition) is 0. The van der Waals surface area contributed by atoms with Crippen molar-refractivity contribution in [3.05, 3.63) is 182 Å². The fourth-order valence-electron chi connectivity index (χ4n) is 4.49. The van der Waals surface area contributed by atoms with E-state index in [1.165, 1.54) is 29.1 Å². The van der Waals surface area contributed by atoms with E-state index in [2.05, 4.69) is 182 Å². The summed E-state index contributed by atoms with van der Waals surface area (Å²) in [5.41, 5.74) is 0. The predicted octanol–water partition coefficient (Wildman–Crippen LogP) is 5.65. The van der Waals surface area contributed by atoms with Gasteiger partial charge in [-0.05, 0) is 23.8 Å². The van der Waals surface area contributed by atoms with Gasteiger partial charge in [0.15, 0.2) is 0 Å². The molecule has 0 saturated carbocycles. The van der Waals surface area contributed by atoms with Gasteiger partial charge in [0.1, 0.15) is 0 Å². The molecule has 3 heteroatoms. The van der Waals surface area contributed by atoms with Crippen molar-refractivity contribution >= 4 is 51.4 Å². The van der Waals surface area contributed by atoms with Crippen LogP contribution in [-0.2, 0) is 17.1 Å². The largest absolute Gasteiger partial charge is 0.0622 e. The first kappa shape index (κ1) is 28.8. The normalized spacial score (nSPS) is 10.3. The number of hydrogen-bond acceptors (Lipinski definition) is 0. The van der Waals surface area contributed by atoms with E-state index in [0.717, 1.165) is 0 Å². The Bertz CT molecular complexity index is 1170. The second-order valence-electron chi connectivity index (χ2n) is 8.82. The molecule has 6 rings (SSSR count). The summed E-state index contributed by atoms with van der Waals surface area (Å²) in [6.45, 7) is 0. The van der Waals surface area contributed by atoms with Crippen LogP contribution in [0.4, 0.5) is 0 Å². The van der Waals surface area contributed by atoms with Crippen molar-refractivity contribution in [3.8, 4) is 0 Å². The first-order valence-electron chi connectivity index (χ1n) is 12.9. The summed E-state index contributed by atoms with van der Waals surface area (Å²) in [5, 5.41) is 4.19. The zero-order chi connectivity index (χ0) is 25.8. The van der Waals surface area contributed by atoms with Gasteiger partial charge in [0.2, 0.25) is 0 Å². The van der Waals surface area contributed by atoms with Crippen molar-refractivity contribution in [2.75, 3.05) is 0 Å². The van der Waals surface area contributed by atoms with E-state index >= 15 is 0 Å². The van der Waals surface area contributed by atoms with Crippen molar-refractivity contribution in [2.45, 2.75) is 0 Å². The van der Waals surface area contributed by atoms with E-state index in [9.17, 15) is 0 Å². The minimum Gasteiger partial charge on any atom is -0.0622 e. The molecule has 0 aliphatic rings. The molecule has 0 saturated heterocycles. The van der Waals surface area contributed by atoms with Gasteiger partial charge in [-0.1, -0.05) is 91.0 Å². The SMILES string of the molecule is [Cu].c1cc[c]([Ge]([c]2ccccc2)[c]2ccccc2)cc1.c1ccc(P(c2ccccc2)c2ccccc2)cc1. The Hall–Kier alpha value is -3.19. The van der Waals surface area contributed by atoms with E-state index in [4.69, 9.17) is 0 Å². The molecule has 0 atom stereocenters. The summed E-state index contributed by atoms with van der Waals surface area (Å²) in [7, 11) is -0.446. The third-order valence-electron chi connectivity index (χ3n) is 6.23. The minimum atomic E-state index is -1.63. The molecule has 0 aliphatic heterocycles. The maximum atomic E-state index is 2.27. The predicted molar refractivity (Wildman–Crippen MR) is 169 cm³/mol. The molecule has 6 aromatic carbocycles. The first-order chi connectivity index (χ1) is 18.9. The van der Waals surface area contributed by atoms with Crippen molar-refractivity contribution in [2.24, 2.45) is 0 Å². The second kappa shape index (κ2) is 15.4. The molecule has 0 heterocycles. The fourth-order valence-corrected chi connectivity index (χ4v) is 12.2. The summed E-state index contributed by atoms with van der Waals surface area (Å²) < 4.78 is 4.50. The van der Waals surface area contributed by atoms with Gasteiger partial charge in [-0.15, -0.1) is 0 Å². The van der Waals surface area contributed by atoms with E-state index in [-0.39, 0.29) is 17.1 Å². The van der Waals surface area contributed by atoms with E-state index in [1.54, 1.807) is 0 Å². The molecule has 0 aromatic heterocycles. The maximum Gasteiger partial charge on any atom is -0.0134 e. The molecule has 6 aromatic rings. The third kappa shape index (κ3) is 7.92. The number of benzene rings is 6. The molecule has 0 aliphatic carbocycles. The third-order valence-corrected chi connectivity index (χ3v) is 14.4. The van der Waals surface area contributed by atoms with Crippen molar-refractivity contribution in [1.29, 1.82) is 0 Å². The van der Waals surface area contributed by atoms with Crippen LogP contribution in [0, 0.1) is 0 Å². The van der Waals surface area contributed by atoms with Crippen LogP contribution in [0.15, 0.2) is 182 Å². The zero-order valence-electron chi connectivity index (χ0n) is 21.6. The van der Waals surface area contributed by atoms with Crippen molar-refractivity contribution in [1.82, 2.24) is 0 Å². The average molecular weight is 630 g/mol. The van der Waals surface area contributed by atoms with Gasteiger partial charge in [-0.25, -0.2) is 0 Å². The minimum absolute atomic E-state index is 0.